The third kappa shape index (κ3) is 3.09. The van der Waals surface area contributed by atoms with Crippen LogP contribution < -0.4 is 5.32 Å². The average molecular weight is 235 g/mol. The molecule has 2 unspecified atom stereocenters. The minimum absolute atomic E-state index is 0.704. The Hall–Kier alpha value is -0.830. The molecule has 0 aliphatic heterocycles. The molecule has 3 heteroatoms. The minimum Gasteiger partial charge on any atom is -0.334 e. The molecule has 2 rings (SSSR count). The number of rotatable bonds is 5. The van der Waals surface area contributed by atoms with E-state index in [1.54, 1.807) is 0 Å². The highest BCUT2D eigenvalue weighted by Crippen LogP contribution is 2.26. The van der Waals surface area contributed by atoms with Gasteiger partial charge in [0, 0.05) is 25.0 Å². The van der Waals surface area contributed by atoms with E-state index in [1.165, 1.54) is 37.9 Å². The van der Waals surface area contributed by atoms with Crippen molar-refractivity contribution in [2.75, 3.05) is 0 Å². The van der Waals surface area contributed by atoms with Crippen molar-refractivity contribution >= 4 is 0 Å². The van der Waals surface area contributed by atoms with Crippen LogP contribution in [0.2, 0.25) is 0 Å². The Labute approximate surface area is 105 Å². The van der Waals surface area contributed by atoms with Crippen molar-refractivity contribution in [3.8, 4) is 0 Å². The van der Waals surface area contributed by atoms with Crippen LogP contribution in [0.3, 0.4) is 0 Å². The Kier molecular flexibility index (Phi) is 4.60. The van der Waals surface area contributed by atoms with E-state index in [0.29, 0.717) is 6.04 Å². The minimum atomic E-state index is 0.704. The Balaban J connectivity index is 1.88. The predicted molar refractivity (Wildman–Crippen MR) is 70.8 cm³/mol. The molecule has 17 heavy (non-hydrogen) atoms. The largest absolute Gasteiger partial charge is 0.334 e. The first-order valence-corrected chi connectivity index (χ1v) is 7.08. The fourth-order valence-corrected chi connectivity index (χ4v) is 2.98. The molecule has 0 amide bonds. The van der Waals surface area contributed by atoms with Gasteiger partial charge in [-0.2, -0.15) is 0 Å². The molecular weight excluding hydrogens is 210 g/mol. The van der Waals surface area contributed by atoms with Crippen molar-refractivity contribution in [1.29, 1.82) is 0 Å². The van der Waals surface area contributed by atoms with E-state index in [2.05, 4.69) is 34.9 Å². The summed E-state index contributed by atoms with van der Waals surface area (Å²) in [6.45, 7) is 6.42. The molecule has 1 fully saturated rings. The zero-order valence-electron chi connectivity index (χ0n) is 11.2. The Morgan fingerprint density at radius 1 is 1.35 bits per heavy atom. The van der Waals surface area contributed by atoms with E-state index in [4.69, 9.17) is 0 Å². The van der Waals surface area contributed by atoms with E-state index in [0.717, 1.165) is 19.0 Å². The van der Waals surface area contributed by atoms with Crippen LogP contribution in [0.1, 0.15) is 51.8 Å². The van der Waals surface area contributed by atoms with Crippen LogP contribution in [0.25, 0.3) is 0 Å². The van der Waals surface area contributed by atoms with E-state index in [1.807, 2.05) is 6.20 Å². The normalized spacial score (nSPS) is 25.1. The molecule has 3 nitrogen and oxygen atoms in total. The van der Waals surface area contributed by atoms with Crippen LogP contribution in [-0.4, -0.2) is 15.6 Å². The first kappa shape index (κ1) is 12.6. The highest BCUT2D eigenvalue weighted by atomic mass is 15.1. The van der Waals surface area contributed by atoms with Gasteiger partial charge in [-0.05, 0) is 25.7 Å². The lowest BCUT2D eigenvalue weighted by Gasteiger charge is -2.31. The van der Waals surface area contributed by atoms with Gasteiger partial charge in [0.1, 0.15) is 5.82 Å². The Morgan fingerprint density at radius 3 is 2.94 bits per heavy atom. The molecule has 0 spiro atoms. The summed E-state index contributed by atoms with van der Waals surface area (Å²) in [7, 11) is 0. The number of aromatic nitrogens is 2. The number of imidazole rings is 1. The third-order valence-electron chi connectivity index (χ3n) is 4.10. The van der Waals surface area contributed by atoms with Gasteiger partial charge in [0.25, 0.3) is 0 Å². The zero-order valence-corrected chi connectivity index (χ0v) is 11.2. The maximum absolute atomic E-state index is 4.42. The first-order chi connectivity index (χ1) is 8.35. The zero-order chi connectivity index (χ0) is 12.1. The van der Waals surface area contributed by atoms with Crippen LogP contribution in [0.5, 0.6) is 0 Å². The lowest BCUT2D eigenvalue weighted by atomic mass is 9.83. The number of nitrogens with one attached hydrogen (secondary N) is 1. The van der Waals surface area contributed by atoms with Gasteiger partial charge in [-0.3, -0.25) is 0 Å². The summed E-state index contributed by atoms with van der Waals surface area (Å²) in [6.07, 6.45) is 10.8. The molecule has 96 valence electrons. The molecule has 1 saturated carbocycles. The second-order valence-corrected chi connectivity index (χ2v) is 5.07. The van der Waals surface area contributed by atoms with Crippen LogP contribution in [0, 0.1) is 5.92 Å². The highest BCUT2D eigenvalue weighted by molar-refractivity contribution is 4.93. The average Bonchev–Trinajstić information content (AvgIpc) is 2.84. The molecule has 2 atom stereocenters. The Morgan fingerprint density at radius 2 is 2.18 bits per heavy atom. The molecule has 1 aliphatic rings. The molecule has 1 N–H and O–H groups in total. The monoisotopic (exact) mass is 235 g/mol. The summed E-state index contributed by atoms with van der Waals surface area (Å²) < 4.78 is 2.22. The summed E-state index contributed by atoms with van der Waals surface area (Å²) in [5, 5.41) is 3.72. The fraction of sp³-hybridized carbons (Fsp3) is 0.786. The number of hydrogen-bond acceptors (Lipinski definition) is 2. The molecular formula is C14H25N3. The summed E-state index contributed by atoms with van der Waals surface area (Å²) in [5.41, 5.74) is 0. The second-order valence-electron chi connectivity index (χ2n) is 5.07. The van der Waals surface area contributed by atoms with Crippen molar-refractivity contribution in [2.45, 2.75) is 65.1 Å². The van der Waals surface area contributed by atoms with Crippen molar-refractivity contribution < 1.29 is 0 Å². The summed E-state index contributed by atoms with van der Waals surface area (Å²) in [6, 6.07) is 0.704. The highest BCUT2D eigenvalue weighted by Gasteiger charge is 2.23. The smallest absolute Gasteiger partial charge is 0.122 e. The van der Waals surface area contributed by atoms with Gasteiger partial charge in [-0.15, -0.1) is 0 Å². The molecule has 1 heterocycles. The van der Waals surface area contributed by atoms with Crippen LogP contribution in [-0.2, 0) is 13.1 Å². The number of hydrogen-bond donors (Lipinski definition) is 1. The maximum atomic E-state index is 4.42. The van der Waals surface area contributed by atoms with E-state index in [9.17, 15) is 0 Å². The van der Waals surface area contributed by atoms with Crippen molar-refractivity contribution in [1.82, 2.24) is 14.9 Å². The molecule has 0 saturated heterocycles. The van der Waals surface area contributed by atoms with E-state index >= 15 is 0 Å². The van der Waals surface area contributed by atoms with Crippen LogP contribution in [0.15, 0.2) is 12.4 Å². The van der Waals surface area contributed by atoms with Gasteiger partial charge < -0.3 is 9.88 Å². The molecule has 1 aromatic rings. The standard InChI is InChI=1S/C14H25N3/c1-3-12-7-5-6-8-13(12)16-11-14-15-9-10-17(14)4-2/h9-10,12-13,16H,3-8,11H2,1-2H3. The van der Waals surface area contributed by atoms with Gasteiger partial charge in [0.05, 0.1) is 6.54 Å². The van der Waals surface area contributed by atoms with Gasteiger partial charge >= 0.3 is 0 Å². The van der Waals surface area contributed by atoms with Crippen LogP contribution >= 0.6 is 0 Å². The SMILES string of the molecule is CCC1CCCCC1NCc1nccn1CC. The fourth-order valence-electron chi connectivity index (χ4n) is 2.98. The number of aryl methyl sites for hydroxylation is 1. The van der Waals surface area contributed by atoms with Gasteiger partial charge in [0.2, 0.25) is 0 Å². The maximum Gasteiger partial charge on any atom is 0.122 e. The van der Waals surface area contributed by atoms with E-state index in [-0.39, 0.29) is 0 Å². The summed E-state index contributed by atoms with van der Waals surface area (Å²) in [4.78, 5) is 4.42. The summed E-state index contributed by atoms with van der Waals surface area (Å²) in [5.74, 6) is 2.04. The summed E-state index contributed by atoms with van der Waals surface area (Å²) >= 11 is 0. The van der Waals surface area contributed by atoms with Gasteiger partial charge in [0.15, 0.2) is 0 Å². The van der Waals surface area contributed by atoms with Gasteiger partial charge in [-0.25, -0.2) is 4.98 Å². The molecule has 1 aromatic heterocycles. The quantitative estimate of drug-likeness (QED) is 0.850. The van der Waals surface area contributed by atoms with Crippen molar-refractivity contribution in [3.05, 3.63) is 18.2 Å². The molecule has 0 radical (unpaired) electrons. The Bertz CT molecular complexity index is 332. The first-order valence-electron chi connectivity index (χ1n) is 7.08. The topological polar surface area (TPSA) is 29.9 Å². The molecule has 0 bridgehead atoms. The second kappa shape index (κ2) is 6.20. The van der Waals surface area contributed by atoms with Gasteiger partial charge in [-0.1, -0.05) is 26.2 Å². The van der Waals surface area contributed by atoms with Crippen molar-refractivity contribution in [3.63, 3.8) is 0 Å². The molecule has 1 aliphatic carbocycles. The van der Waals surface area contributed by atoms with Crippen LogP contribution in [0.4, 0.5) is 0 Å². The lowest BCUT2D eigenvalue weighted by molar-refractivity contribution is 0.252. The van der Waals surface area contributed by atoms with E-state index < -0.39 is 0 Å². The predicted octanol–water partition coefficient (Wildman–Crippen LogP) is 2.96. The lowest BCUT2D eigenvalue weighted by Crippen LogP contribution is -2.38. The third-order valence-corrected chi connectivity index (χ3v) is 4.10. The number of nitrogens with zero attached hydrogens (tertiary/aromatic N) is 2. The van der Waals surface area contributed by atoms with Crippen molar-refractivity contribution in [2.24, 2.45) is 5.92 Å². The molecule has 0 aromatic carbocycles.